The van der Waals surface area contributed by atoms with E-state index in [2.05, 4.69) is 5.32 Å². The summed E-state index contributed by atoms with van der Waals surface area (Å²) in [7, 11) is -1.43. The fourth-order valence-corrected chi connectivity index (χ4v) is 5.21. The molecule has 3 rings (SSSR count). The second kappa shape index (κ2) is 13.5. The number of rotatable bonds is 12. The molecule has 0 heterocycles. The highest BCUT2D eigenvalue weighted by molar-refractivity contribution is 7.90. The maximum Gasteiger partial charge on any atom is 0.304 e. The number of benzene rings is 3. The van der Waals surface area contributed by atoms with Gasteiger partial charge in [0.1, 0.15) is 18.4 Å². The molecule has 0 spiro atoms. The minimum atomic E-state index is -4.14. The number of nitrogens with zero attached hydrogens (tertiary/aromatic N) is 3. The highest BCUT2D eigenvalue weighted by Crippen LogP contribution is 2.22. The van der Waals surface area contributed by atoms with Crippen molar-refractivity contribution in [3.8, 4) is 0 Å². The van der Waals surface area contributed by atoms with Crippen LogP contribution in [0.3, 0.4) is 0 Å². The van der Waals surface area contributed by atoms with Crippen LogP contribution in [-0.2, 0) is 32.8 Å². The molecule has 0 unspecified atom stereocenters. The third-order valence-electron chi connectivity index (χ3n) is 6.31. The number of carbonyl (C=O) groups is 2. The molecular formula is C30H37FN4O4S. The molecule has 3 aromatic rings. The van der Waals surface area contributed by atoms with Gasteiger partial charge in [-0.3, -0.25) is 9.59 Å². The van der Waals surface area contributed by atoms with Crippen LogP contribution >= 0.6 is 0 Å². The summed E-state index contributed by atoms with van der Waals surface area (Å²) in [6.07, 6.45) is 0.230. The van der Waals surface area contributed by atoms with Crippen molar-refractivity contribution >= 4 is 27.7 Å². The lowest BCUT2D eigenvalue weighted by Crippen LogP contribution is -2.55. The Labute approximate surface area is 236 Å². The van der Waals surface area contributed by atoms with Gasteiger partial charge in [-0.25, -0.2) is 8.70 Å². The molecule has 1 N–H and O–H groups in total. The van der Waals surface area contributed by atoms with Gasteiger partial charge < -0.3 is 10.2 Å². The van der Waals surface area contributed by atoms with Crippen molar-refractivity contribution in [3.05, 3.63) is 101 Å². The predicted molar refractivity (Wildman–Crippen MR) is 155 cm³/mol. The van der Waals surface area contributed by atoms with Gasteiger partial charge in [0.2, 0.25) is 11.8 Å². The molecule has 0 aliphatic rings. The van der Waals surface area contributed by atoms with Gasteiger partial charge in [-0.05, 0) is 56.2 Å². The fourth-order valence-electron chi connectivity index (χ4n) is 4.15. The molecule has 10 heteroatoms. The van der Waals surface area contributed by atoms with E-state index in [1.807, 2.05) is 75.4 Å². The van der Waals surface area contributed by atoms with Crippen LogP contribution in [0.5, 0.6) is 0 Å². The minimum Gasteiger partial charge on any atom is -0.352 e. The first-order valence-electron chi connectivity index (χ1n) is 13.0. The number of hydrogen-bond acceptors (Lipinski definition) is 4. The average Bonchev–Trinajstić information content (AvgIpc) is 2.90. The van der Waals surface area contributed by atoms with E-state index >= 15 is 0 Å². The number of aryl methyl sites for hydroxylation is 1. The second-order valence-corrected chi connectivity index (χ2v) is 12.2. The molecule has 0 saturated carbocycles. The van der Waals surface area contributed by atoms with Crippen molar-refractivity contribution in [1.29, 1.82) is 0 Å². The Balaban J connectivity index is 2.08. The van der Waals surface area contributed by atoms with Crippen LogP contribution < -0.4 is 9.62 Å². The largest absolute Gasteiger partial charge is 0.352 e. The van der Waals surface area contributed by atoms with Crippen molar-refractivity contribution in [2.45, 2.75) is 45.8 Å². The molecule has 0 radical (unpaired) electrons. The van der Waals surface area contributed by atoms with Crippen molar-refractivity contribution in [1.82, 2.24) is 14.5 Å². The maximum atomic E-state index is 14.1. The third-order valence-corrected chi connectivity index (χ3v) is 8.13. The summed E-state index contributed by atoms with van der Waals surface area (Å²) < 4.78 is 42.2. The summed E-state index contributed by atoms with van der Waals surface area (Å²) >= 11 is 0. The van der Waals surface area contributed by atoms with Gasteiger partial charge in [-0.2, -0.15) is 12.7 Å². The molecule has 8 nitrogen and oxygen atoms in total. The summed E-state index contributed by atoms with van der Waals surface area (Å²) in [6.45, 7) is 5.13. The van der Waals surface area contributed by atoms with E-state index in [4.69, 9.17) is 0 Å². The molecular weight excluding hydrogens is 531 g/mol. The van der Waals surface area contributed by atoms with Crippen LogP contribution in [0.2, 0.25) is 0 Å². The highest BCUT2D eigenvalue weighted by Gasteiger charge is 2.34. The van der Waals surface area contributed by atoms with Gasteiger partial charge in [0, 0.05) is 33.1 Å². The smallest absolute Gasteiger partial charge is 0.304 e. The van der Waals surface area contributed by atoms with Gasteiger partial charge in [0.25, 0.3) is 0 Å². The summed E-state index contributed by atoms with van der Waals surface area (Å²) in [4.78, 5) is 29.1. The molecule has 40 heavy (non-hydrogen) atoms. The van der Waals surface area contributed by atoms with E-state index in [9.17, 15) is 22.4 Å². The average molecular weight is 569 g/mol. The zero-order valence-electron chi connectivity index (χ0n) is 23.5. The van der Waals surface area contributed by atoms with E-state index in [1.165, 1.54) is 31.1 Å². The first-order chi connectivity index (χ1) is 18.9. The van der Waals surface area contributed by atoms with E-state index < -0.39 is 34.5 Å². The van der Waals surface area contributed by atoms with Gasteiger partial charge in [-0.15, -0.1) is 0 Å². The first kappa shape index (κ1) is 30.8. The van der Waals surface area contributed by atoms with Crippen molar-refractivity contribution in [2.24, 2.45) is 0 Å². The normalized spacial score (nSPS) is 12.3. The van der Waals surface area contributed by atoms with Crippen LogP contribution in [0.25, 0.3) is 0 Å². The molecule has 1 atom stereocenters. The summed E-state index contributed by atoms with van der Waals surface area (Å²) in [5.41, 5.74) is 2.81. The predicted octanol–water partition coefficient (Wildman–Crippen LogP) is 3.91. The van der Waals surface area contributed by atoms with E-state index in [0.717, 1.165) is 37.4 Å². The third kappa shape index (κ3) is 8.12. The zero-order chi connectivity index (χ0) is 29.4. The Bertz CT molecular complexity index is 1380. The molecule has 214 valence electrons. The first-order valence-corrected chi connectivity index (χ1v) is 14.4. The summed E-state index contributed by atoms with van der Waals surface area (Å²) in [5, 5.41) is 2.92. The van der Waals surface area contributed by atoms with Crippen molar-refractivity contribution < 1.29 is 22.4 Å². The van der Waals surface area contributed by atoms with Crippen molar-refractivity contribution in [3.63, 3.8) is 0 Å². The number of amides is 2. The number of carbonyl (C=O) groups excluding carboxylic acids is 2. The lowest BCUT2D eigenvalue weighted by atomic mass is 10.0. The maximum absolute atomic E-state index is 14.1. The fraction of sp³-hybridized carbons (Fsp3) is 0.333. The quantitative estimate of drug-likeness (QED) is 0.359. The SMILES string of the molecule is Cc1ccc(CN(C(=O)CN(c2ccc(F)cc2)S(=O)(=O)N(C)C)[C@@H](Cc2ccccc2)C(=O)NC(C)C)cc1. The van der Waals surface area contributed by atoms with Crippen LogP contribution in [0.15, 0.2) is 78.9 Å². The van der Waals surface area contributed by atoms with Gasteiger partial charge >= 0.3 is 10.2 Å². The van der Waals surface area contributed by atoms with Crippen LogP contribution in [0.4, 0.5) is 10.1 Å². The lowest BCUT2D eigenvalue weighted by molar-refractivity contribution is -0.140. The van der Waals surface area contributed by atoms with Crippen LogP contribution in [0, 0.1) is 12.7 Å². The number of nitrogens with one attached hydrogen (secondary N) is 1. The second-order valence-electron chi connectivity index (χ2n) is 10.1. The van der Waals surface area contributed by atoms with Crippen LogP contribution in [0.1, 0.15) is 30.5 Å². The lowest BCUT2D eigenvalue weighted by Gasteiger charge is -2.34. The molecule has 0 aliphatic carbocycles. The Morgan fingerprint density at radius 3 is 2.02 bits per heavy atom. The topological polar surface area (TPSA) is 90.0 Å². The Morgan fingerprint density at radius 1 is 0.875 bits per heavy atom. The van der Waals surface area contributed by atoms with Gasteiger partial charge in [-0.1, -0.05) is 60.2 Å². The highest BCUT2D eigenvalue weighted by atomic mass is 32.2. The molecule has 0 bridgehead atoms. The Morgan fingerprint density at radius 2 is 1.48 bits per heavy atom. The van der Waals surface area contributed by atoms with Crippen LogP contribution in [-0.4, -0.2) is 62.2 Å². The summed E-state index contributed by atoms with van der Waals surface area (Å²) in [5.74, 6) is -1.45. The molecule has 0 aliphatic heterocycles. The number of hydrogen-bond donors (Lipinski definition) is 1. The van der Waals surface area contributed by atoms with E-state index in [0.29, 0.717) is 0 Å². The molecule has 0 aromatic heterocycles. The Hall–Kier alpha value is -3.76. The monoisotopic (exact) mass is 568 g/mol. The zero-order valence-corrected chi connectivity index (χ0v) is 24.4. The van der Waals surface area contributed by atoms with E-state index in [-0.39, 0.29) is 30.6 Å². The van der Waals surface area contributed by atoms with Crippen molar-refractivity contribution in [2.75, 3.05) is 24.9 Å². The molecule has 3 aromatic carbocycles. The molecule has 2 amide bonds. The number of anilines is 1. The molecule has 0 saturated heterocycles. The molecule has 0 fully saturated rings. The van der Waals surface area contributed by atoms with Gasteiger partial charge in [0.05, 0.1) is 5.69 Å². The summed E-state index contributed by atoms with van der Waals surface area (Å²) in [6, 6.07) is 20.7. The van der Waals surface area contributed by atoms with Gasteiger partial charge in [0.15, 0.2) is 0 Å². The number of halogens is 1. The Kier molecular flexibility index (Phi) is 10.4. The minimum absolute atomic E-state index is 0.0847. The van der Waals surface area contributed by atoms with E-state index in [1.54, 1.807) is 0 Å². The standard InChI is InChI=1S/C30H37FN4O4S/c1-22(2)32-30(37)28(19-24-9-7-6-8-10-24)34(20-25-13-11-23(3)12-14-25)29(36)21-35(40(38,39)33(4)5)27-17-15-26(31)16-18-27/h6-18,22,28H,19-21H2,1-5H3,(H,32,37)/t28-/m0/s1.